The molecular formula is C22H22ClN7S. The fourth-order valence-electron chi connectivity index (χ4n) is 4.71. The van der Waals surface area contributed by atoms with Crippen molar-refractivity contribution < 1.29 is 0 Å². The van der Waals surface area contributed by atoms with E-state index in [0.29, 0.717) is 17.1 Å². The first-order valence-corrected chi connectivity index (χ1v) is 11.8. The van der Waals surface area contributed by atoms with Crippen LogP contribution in [0.5, 0.6) is 0 Å². The number of fused-ring (bicyclic) bond motifs is 3. The van der Waals surface area contributed by atoms with Gasteiger partial charge in [-0.05, 0) is 55.3 Å². The Hall–Kier alpha value is -2.42. The fraction of sp³-hybridized carbons (Fsp3) is 0.364. The topological polar surface area (TPSA) is 82.6 Å². The molecule has 2 fully saturated rings. The molecule has 0 saturated carbocycles. The summed E-state index contributed by atoms with van der Waals surface area (Å²) in [5.41, 5.74) is 3.54. The lowest BCUT2D eigenvalue weighted by Gasteiger charge is -2.20. The number of rotatable bonds is 4. The monoisotopic (exact) mass is 451 g/mol. The second kappa shape index (κ2) is 7.62. The van der Waals surface area contributed by atoms with Gasteiger partial charge in [-0.1, -0.05) is 18.5 Å². The number of halogens is 1. The van der Waals surface area contributed by atoms with Gasteiger partial charge < -0.3 is 15.2 Å². The highest BCUT2D eigenvalue weighted by Crippen LogP contribution is 2.39. The minimum atomic E-state index is 0.528. The number of hydrogen-bond donors (Lipinski definition) is 2. The number of nitrogens with zero attached hydrogens (tertiary/aromatic N) is 5. The van der Waals surface area contributed by atoms with Crippen molar-refractivity contribution in [3.63, 3.8) is 0 Å². The second-order valence-electron chi connectivity index (χ2n) is 8.15. The number of hydrogen-bond acceptors (Lipinski definition) is 7. The van der Waals surface area contributed by atoms with Crippen LogP contribution >= 0.6 is 23.4 Å². The molecule has 2 atom stereocenters. The lowest BCUT2D eigenvalue weighted by Crippen LogP contribution is -2.30. The maximum Gasteiger partial charge on any atom is 0.196 e. The molecule has 31 heavy (non-hydrogen) atoms. The van der Waals surface area contributed by atoms with Gasteiger partial charge in [0.1, 0.15) is 11.5 Å². The lowest BCUT2D eigenvalue weighted by molar-refractivity contribution is 0.556. The molecule has 0 amide bonds. The third-order valence-corrected chi connectivity index (χ3v) is 7.52. The zero-order valence-electron chi connectivity index (χ0n) is 17.1. The first kappa shape index (κ1) is 19.3. The molecule has 2 N–H and O–H groups in total. The summed E-state index contributed by atoms with van der Waals surface area (Å²) in [6.45, 7) is 5.15. The molecule has 2 saturated heterocycles. The Balaban J connectivity index is 1.42. The highest BCUT2D eigenvalue weighted by Gasteiger charge is 2.37. The molecule has 2 aliphatic rings. The molecule has 7 nitrogen and oxygen atoms in total. The highest BCUT2D eigenvalue weighted by atomic mass is 35.5. The molecule has 2 unspecified atom stereocenters. The quantitative estimate of drug-likeness (QED) is 0.452. The van der Waals surface area contributed by atoms with E-state index in [2.05, 4.69) is 32.1 Å². The Kier molecular flexibility index (Phi) is 4.74. The van der Waals surface area contributed by atoms with Gasteiger partial charge in [0.2, 0.25) is 0 Å². The Morgan fingerprint density at radius 2 is 2.16 bits per heavy atom. The molecule has 6 rings (SSSR count). The van der Waals surface area contributed by atoms with E-state index in [0.717, 1.165) is 69.6 Å². The number of H-pyrrole nitrogens is 1. The van der Waals surface area contributed by atoms with E-state index in [9.17, 15) is 0 Å². The summed E-state index contributed by atoms with van der Waals surface area (Å²) in [5, 5.41) is 5.98. The van der Waals surface area contributed by atoms with Crippen LogP contribution < -0.4 is 10.2 Å². The number of aromatic nitrogens is 5. The molecule has 0 bridgehead atoms. The van der Waals surface area contributed by atoms with Crippen molar-refractivity contribution in [3.8, 4) is 0 Å². The van der Waals surface area contributed by atoms with Crippen LogP contribution in [0.1, 0.15) is 19.0 Å². The predicted octanol–water partition coefficient (Wildman–Crippen LogP) is 4.07. The van der Waals surface area contributed by atoms with Crippen molar-refractivity contribution in [2.75, 3.05) is 24.5 Å². The summed E-state index contributed by atoms with van der Waals surface area (Å²) in [6.07, 6.45) is 5.67. The second-order valence-corrected chi connectivity index (χ2v) is 9.57. The molecule has 0 aromatic carbocycles. The first-order valence-electron chi connectivity index (χ1n) is 10.6. The summed E-state index contributed by atoms with van der Waals surface area (Å²) >= 11 is 8.26. The molecule has 6 heterocycles. The maximum atomic E-state index is 6.76. The van der Waals surface area contributed by atoms with Crippen LogP contribution in [0, 0.1) is 5.92 Å². The number of nitrogens with one attached hydrogen (secondary N) is 2. The van der Waals surface area contributed by atoms with Crippen molar-refractivity contribution in [2.45, 2.75) is 35.9 Å². The normalized spacial score (nSPS) is 20.8. The third-order valence-electron chi connectivity index (χ3n) is 6.27. The lowest BCUT2D eigenvalue weighted by atomic mass is 10.1. The van der Waals surface area contributed by atoms with Crippen LogP contribution in [-0.4, -0.2) is 50.6 Å². The zero-order valence-corrected chi connectivity index (χ0v) is 18.7. The van der Waals surface area contributed by atoms with Gasteiger partial charge in [0.15, 0.2) is 5.16 Å². The number of aryl methyl sites for hydroxylation is 1. The van der Waals surface area contributed by atoms with E-state index < -0.39 is 0 Å². The summed E-state index contributed by atoms with van der Waals surface area (Å²) in [6, 6.07) is 6.42. The number of anilines is 1. The van der Waals surface area contributed by atoms with E-state index in [-0.39, 0.29) is 0 Å². The first-order chi connectivity index (χ1) is 15.2. The van der Waals surface area contributed by atoms with Gasteiger partial charge >= 0.3 is 0 Å². The molecule has 2 aliphatic heterocycles. The molecular weight excluding hydrogens is 430 g/mol. The smallest absolute Gasteiger partial charge is 0.196 e. The van der Waals surface area contributed by atoms with Crippen LogP contribution in [0.3, 0.4) is 0 Å². The van der Waals surface area contributed by atoms with Crippen molar-refractivity contribution in [2.24, 2.45) is 5.92 Å². The van der Waals surface area contributed by atoms with Crippen molar-refractivity contribution >= 4 is 51.2 Å². The van der Waals surface area contributed by atoms with Crippen LogP contribution in [0.15, 0.2) is 40.6 Å². The van der Waals surface area contributed by atoms with Gasteiger partial charge in [-0.2, -0.15) is 0 Å². The molecule has 158 valence electrons. The molecule has 0 radical (unpaired) electrons. The summed E-state index contributed by atoms with van der Waals surface area (Å²) in [4.78, 5) is 25.5. The van der Waals surface area contributed by atoms with Crippen LogP contribution in [0.4, 0.5) is 5.82 Å². The highest BCUT2D eigenvalue weighted by molar-refractivity contribution is 7.99. The number of aromatic amines is 1. The third kappa shape index (κ3) is 3.33. The van der Waals surface area contributed by atoms with Gasteiger partial charge in [-0.25, -0.2) is 9.97 Å². The molecule has 4 aromatic heterocycles. The van der Waals surface area contributed by atoms with Crippen LogP contribution in [0.2, 0.25) is 5.02 Å². The van der Waals surface area contributed by atoms with Gasteiger partial charge in [-0.15, -0.1) is 0 Å². The molecule has 9 heteroatoms. The molecule has 0 aliphatic carbocycles. The fourth-order valence-corrected chi connectivity index (χ4v) is 5.82. The van der Waals surface area contributed by atoms with Crippen LogP contribution in [-0.2, 0) is 6.42 Å². The Bertz CT molecular complexity index is 1280. The Labute approximate surface area is 189 Å². The standard InChI is InChI=1S/C22H22ClN7S/c1-2-14-19(23)18-20(27-14)28-22(29-21(18)30-10-12-5-7-25-17(12)11-30)31-13-8-16-15(26-9-13)4-3-6-24-16/h3-4,6,8-9,12,17,25H,2,5,7,10-11H2,1H3,(H,27,28,29). The number of pyridine rings is 2. The SMILES string of the molecule is CCc1[nH]c2nc(Sc3cnc4cccnc4c3)nc(N3CC4CCNC4C3)c2c1Cl. The summed E-state index contributed by atoms with van der Waals surface area (Å²) in [7, 11) is 0. The van der Waals surface area contributed by atoms with Crippen molar-refractivity contribution in [1.82, 2.24) is 30.2 Å². The van der Waals surface area contributed by atoms with E-state index in [1.807, 2.05) is 24.4 Å². The minimum Gasteiger partial charge on any atom is -0.354 e. The van der Waals surface area contributed by atoms with E-state index in [1.54, 1.807) is 6.20 Å². The minimum absolute atomic E-state index is 0.528. The summed E-state index contributed by atoms with van der Waals surface area (Å²) < 4.78 is 0. The van der Waals surface area contributed by atoms with Gasteiger partial charge in [-0.3, -0.25) is 9.97 Å². The van der Waals surface area contributed by atoms with Gasteiger partial charge in [0.25, 0.3) is 0 Å². The van der Waals surface area contributed by atoms with E-state index in [1.165, 1.54) is 18.2 Å². The largest absolute Gasteiger partial charge is 0.354 e. The van der Waals surface area contributed by atoms with E-state index in [4.69, 9.17) is 21.6 Å². The Morgan fingerprint density at radius 1 is 1.23 bits per heavy atom. The molecule has 0 spiro atoms. The zero-order chi connectivity index (χ0) is 20.9. The van der Waals surface area contributed by atoms with Crippen LogP contribution in [0.25, 0.3) is 22.1 Å². The van der Waals surface area contributed by atoms with E-state index >= 15 is 0 Å². The maximum absolute atomic E-state index is 6.76. The average molecular weight is 452 g/mol. The summed E-state index contributed by atoms with van der Waals surface area (Å²) in [5.74, 6) is 1.59. The van der Waals surface area contributed by atoms with Gasteiger partial charge in [0, 0.05) is 42.1 Å². The van der Waals surface area contributed by atoms with Crippen molar-refractivity contribution in [1.29, 1.82) is 0 Å². The predicted molar refractivity (Wildman–Crippen MR) is 124 cm³/mol. The Morgan fingerprint density at radius 3 is 3.03 bits per heavy atom. The molecule has 4 aromatic rings. The van der Waals surface area contributed by atoms with Gasteiger partial charge in [0.05, 0.1) is 21.4 Å². The van der Waals surface area contributed by atoms with Crippen molar-refractivity contribution in [3.05, 3.63) is 41.3 Å². The average Bonchev–Trinajstić information content (AvgIpc) is 3.47.